The van der Waals surface area contributed by atoms with Gasteiger partial charge in [-0.2, -0.15) is 0 Å². The monoisotopic (exact) mass is 277 g/mol. The summed E-state index contributed by atoms with van der Waals surface area (Å²) < 4.78 is 0. The van der Waals surface area contributed by atoms with Crippen LogP contribution in [0.5, 0.6) is 0 Å². The lowest BCUT2D eigenvalue weighted by atomic mass is 9.83. The van der Waals surface area contributed by atoms with Gasteiger partial charge in [0.2, 0.25) is 0 Å². The molecule has 0 aromatic rings. The van der Waals surface area contributed by atoms with Crippen LogP contribution in [-0.2, 0) is 0 Å². The molecule has 0 saturated heterocycles. The number of rotatable bonds is 7. The molecular formula is C19H35N. The van der Waals surface area contributed by atoms with Gasteiger partial charge in [-0.15, -0.1) is 0 Å². The Hall–Kier alpha value is -0.560. The summed E-state index contributed by atoms with van der Waals surface area (Å²) in [5, 5.41) is 3.73. The molecule has 1 nitrogen and oxygen atoms in total. The van der Waals surface area contributed by atoms with Crippen LogP contribution in [0, 0.1) is 17.8 Å². The van der Waals surface area contributed by atoms with Gasteiger partial charge in [0.15, 0.2) is 0 Å². The highest BCUT2D eigenvalue weighted by molar-refractivity contribution is 5.12. The highest BCUT2D eigenvalue weighted by atomic mass is 14.9. The molecule has 0 spiro atoms. The summed E-state index contributed by atoms with van der Waals surface area (Å²) in [7, 11) is 0. The van der Waals surface area contributed by atoms with Crippen LogP contribution in [-0.4, -0.2) is 12.6 Å². The fraction of sp³-hybridized carbons (Fsp3) is 0.789. The van der Waals surface area contributed by atoms with E-state index in [-0.39, 0.29) is 0 Å². The molecule has 0 saturated carbocycles. The first kappa shape index (κ1) is 17.5. The Morgan fingerprint density at radius 3 is 2.55 bits per heavy atom. The SMILES string of the molecule is CC(C)=CC(C[C@H](C)C1=CCC(C)CC1)NCC(C)C. The maximum atomic E-state index is 3.73. The van der Waals surface area contributed by atoms with Crippen molar-refractivity contribution in [2.45, 2.75) is 73.3 Å². The molecule has 1 rings (SSSR count). The lowest BCUT2D eigenvalue weighted by Gasteiger charge is -2.26. The molecule has 116 valence electrons. The molecule has 0 radical (unpaired) electrons. The molecule has 0 bridgehead atoms. The standard InChI is InChI=1S/C19H35N/c1-14(2)11-19(20-13-15(3)4)12-17(6)18-9-7-16(5)8-10-18/h9,11,15-17,19-20H,7-8,10,12-13H2,1-6H3/t16?,17-,19?/m0/s1. The second-order valence-corrected chi connectivity index (χ2v) is 7.45. The van der Waals surface area contributed by atoms with E-state index in [0.717, 1.165) is 12.5 Å². The van der Waals surface area contributed by atoms with Crippen molar-refractivity contribution in [3.8, 4) is 0 Å². The van der Waals surface area contributed by atoms with E-state index in [1.165, 1.54) is 31.3 Å². The summed E-state index contributed by atoms with van der Waals surface area (Å²) in [6, 6.07) is 0.526. The van der Waals surface area contributed by atoms with Crippen LogP contribution < -0.4 is 5.32 Å². The van der Waals surface area contributed by atoms with E-state index in [2.05, 4.69) is 59.0 Å². The average Bonchev–Trinajstić information content (AvgIpc) is 2.36. The third-order valence-corrected chi connectivity index (χ3v) is 4.27. The molecule has 0 aliphatic heterocycles. The van der Waals surface area contributed by atoms with Crippen LogP contribution in [0.3, 0.4) is 0 Å². The Morgan fingerprint density at radius 1 is 1.35 bits per heavy atom. The van der Waals surface area contributed by atoms with E-state index in [0.29, 0.717) is 17.9 Å². The van der Waals surface area contributed by atoms with E-state index in [4.69, 9.17) is 0 Å². The Bertz CT molecular complexity index is 334. The van der Waals surface area contributed by atoms with Gasteiger partial charge >= 0.3 is 0 Å². The molecule has 0 amide bonds. The number of allylic oxidation sites excluding steroid dienone is 3. The van der Waals surface area contributed by atoms with E-state index < -0.39 is 0 Å². The normalized spacial score (nSPS) is 22.4. The zero-order valence-corrected chi connectivity index (χ0v) is 14.5. The smallest absolute Gasteiger partial charge is 0.0258 e. The first-order valence-electron chi connectivity index (χ1n) is 8.45. The lowest BCUT2D eigenvalue weighted by molar-refractivity contribution is 0.425. The molecule has 1 heteroatoms. The van der Waals surface area contributed by atoms with E-state index in [1.54, 1.807) is 5.57 Å². The van der Waals surface area contributed by atoms with Crippen molar-refractivity contribution in [2.75, 3.05) is 6.54 Å². The van der Waals surface area contributed by atoms with E-state index in [1.807, 2.05) is 0 Å². The van der Waals surface area contributed by atoms with Gasteiger partial charge in [0, 0.05) is 6.04 Å². The molecule has 1 aliphatic carbocycles. The van der Waals surface area contributed by atoms with Crippen LogP contribution in [0.4, 0.5) is 0 Å². The number of hydrogen-bond acceptors (Lipinski definition) is 1. The third-order valence-electron chi connectivity index (χ3n) is 4.27. The first-order chi connectivity index (χ1) is 9.38. The summed E-state index contributed by atoms with van der Waals surface area (Å²) in [5.74, 6) is 2.31. The van der Waals surface area contributed by atoms with Crippen molar-refractivity contribution < 1.29 is 0 Å². The summed E-state index contributed by atoms with van der Waals surface area (Å²) in [6.45, 7) is 14.9. The molecule has 20 heavy (non-hydrogen) atoms. The third kappa shape index (κ3) is 6.74. The number of hydrogen-bond donors (Lipinski definition) is 1. The molecule has 0 aromatic carbocycles. The maximum absolute atomic E-state index is 3.73. The van der Waals surface area contributed by atoms with Crippen LogP contribution in [0.2, 0.25) is 0 Å². The second-order valence-electron chi connectivity index (χ2n) is 7.45. The maximum Gasteiger partial charge on any atom is 0.0258 e. The highest BCUT2D eigenvalue weighted by Crippen LogP contribution is 2.30. The van der Waals surface area contributed by atoms with Gasteiger partial charge < -0.3 is 5.32 Å². The van der Waals surface area contributed by atoms with Crippen LogP contribution in [0.15, 0.2) is 23.3 Å². The average molecular weight is 277 g/mol. The first-order valence-corrected chi connectivity index (χ1v) is 8.45. The van der Waals surface area contributed by atoms with Crippen LogP contribution >= 0.6 is 0 Å². The summed E-state index contributed by atoms with van der Waals surface area (Å²) in [5.41, 5.74) is 3.12. The Kier molecular flexibility index (Phi) is 7.58. The Morgan fingerprint density at radius 2 is 2.05 bits per heavy atom. The predicted molar refractivity (Wildman–Crippen MR) is 90.9 cm³/mol. The molecule has 0 aromatic heterocycles. The van der Waals surface area contributed by atoms with Gasteiger partial charge in [0.05, 0.1) is 0 Å². The molecule has 0 fully saturated rings. The van der Waals surface area contributed by atoms with Crippen LogP contribution in [0.25, 0.3) is 0 Å². The predicted octanol–water partition coefficient (Wildman–Crippen LogP) is 5.34. The van der Waals surface area contributed by atoms with Crippen molar-refractivity contribution in [2.24, 2.45) is 17.8 Å². The summed E-state index contributed by atoms with van der Waals surface area (Å²) in [6.07, 6.45) is 10.1. The molecule has 0 heterocycles. The lowest BCUT2D eigenvalue weighted by Crippen LogP contribution is -2.32. The second kappa shape index (κ2) is 8.67. The summed E-state index contributed by atoms with van der Waals surface area (Å²) in [4.78, 5) is 0. The van der Waals surface area contributed by atoms with Gasteiger partial charge in [-0.05, 0) is 63.8 Å². The molecular weight excluding hydrogens is 242 g/mol. The minimum absolute atomic E-state index is 0.526. The minimum Gasteiger partial charge on any atom is -0.310 e. The van der Waals surface area contributed by atoms with Crippen molar-refractivity contribution in [3.05, 3.63) is 23.3 Å². The topological polar surface area (TPSA) is 12.0 Å². The largest absolute Gasteiger partial charge is 0.310 e. The minimum atomic E-state index is 0.526. The van der Waals surface area contributed by atoms with E-state index in [9.17, 15) is 0 Å². The van der Waals surface area contributed by atoms with E-state index >= 15 is 0 Å². The fourth-order valence-corrected chi connectivity index (χ4v) is 2.97. The number of nitrogens with one attached hydrogen (secondary N) is 1. The zero-order chi connectivity index (χ0) is 15.1. The van der Waals surface area contributed by atoms with Crippen molar-refractivity contribution in [1.82, 2.24) is 5.32 Å². The van der Waals surface area contributed by atoms with Gasteiger partial charge in [-0.1, -0.05) is 51.0 Å². The fourth-order valence-electron chi connectivity index (χ4n) is 2.97. The van der Waals surface area contributed by atoms with Gasteiger partial charge in [0.1, 0.15) is 0 Å². The molecule has 3 atom stereocenters. The van der Waals surface area contributed by atoms with Crippen molar-refractivity contribution >= 4 is 0 Å². The van der Waals surface area contributed by atoms with Crippen molar-refractivity contribution in [1.29, 1.82) is 0 Å². The highest BCUT2D eigenvalue weighted by Gasteiger charge is 2.18. The zero-order valence-electron chi connectivity index (χ0n) is 14.5. The molecule has 1 N–H and O–H groups in total. The molecule has 2 unspecified atom stereocenters. The quantitative estimate of drug-likeness (QED) is 0.619. The Labute approximate surface area is 126 Å². The molecule has 1 aliphatic rings. The van der Waals surface area contributed by atoms with Gasteiger partial charge in [-0.25, -0.2) is 0 Å². The summed E-state index contributed by atoms with van der Waals surface area (Å²) >= 11 is 0. The Balaban J connectivity index is 2.57. The van der Waals surface area contributed by atoms with Gasteiger partial charge in [0.25, 0.3) is 0 Å². The van der Waals surface area contributed by atoms with Crippen molar-refractivity contribution in [3.63, 3.8) is 0 Å². The van der Waals surface area contributed by atoms with Crippen LogP contribution in [0.1, 0.15) is 67.2 Å². The van der Waals surface area contributed by atoms with Gasteiger partial charge in [-0.3, -0.25) is 0 Å².